The Balaban J connectivity index is 1.24. The van der Waals surface area contributed by atoms with Crippen molar-refractivity contribution in [2.24, 2.45) is 0 Å². The van der Waals surface area contributed by atoms with E-state index in [9.17, 15) is 26.7 Å². The van der Waals surface area contributed by atoms with Gasteiger partial charge in [-0.05, 0) is 30.4 Å². The predicted octanol–water partition coefficient (Wildman–Crippen LogP) is 3.51. The molecule has 1 amide bonds. The zero-order valence-electron chi connectivity index (χ0n) is 18.8. The van der Waals surface area contributed by atoms with Crippen LogP contribution in [0.25, 0.3) is 0 Å². The van der Waals surface area contributed by atoms with Gasteiger partial charge in [-0.25, -0.2) is 17.4 Å². The van der Waals surface area contributed by atoms with Crippen LogP contribution in [0, 0.1) is 11.6 Å². The van der Waals surface area contributed by atoms with Gasteiger partial charge in [-0.15, -0.1) is 0 Å². The predicted molar refractivity (Wildman–Crippen MR) is 119 cm³/mol. The Morgan fingerprint density at radius 3 is 2.43 bits per heavy atom. The van der Waals surface area contributed by atoms with Crippen LogP contribution in [0.15, 0.2) is 12.1 Å². The second kappa shape index (κ2) is 9.68. The SMILES string of the molecule is O=C(c1n[nH]c2c1CN(SN1CCNCC1)C2)N1CCC(c2ccc(F)c(F)c2C(F)(F)F)CC1. The number of carbonyl (C=O) groups is 1. The van der Waals surface area contributed by atoms with Gasteiger partial charge in [-0.2, -0.15) is 18.3 Å². The fourth-order valence-corrected chi connectivity index (χ4v) is 6.02. The molecule has 0 unspecified atom stereocenters. The summed E-state index contributed by atoms with van der Waals surface area (Å²) in [5.41, 5.74) is 0.270. The van der Waals surface area contributed by atoms with Gasteiger partial charge in [0.25, 0.3) is 5.91 Å². The van der Waals surface area contributed by atoms with Gasteiger partial charge in [0.05, 0.1) is 17.8 Å². The number of aromatic amines is 1. The fraction of sp³-hybridized carbons (Fsp3) is 0.545. The molecule has 1 aromatic carbocycles. The number of aromatic nitrogens is 2. The van der Waals surface area contributed by atoms with Crippen molar-refractivity contribution in [3.63, 3.8) is 0 Å². The Morgan fingerprint density at radius 2 is 1.74 bits per heavy atom. The van der Waals surface area contributed by atoms with Crippen LogP contribution < -0.4 is 5.32 Å². The van der Waals surface area contributed by atoms with Crippen molar-refractivity contribution in [2.45, 2.75) is 38.0 Å². The average molecular weight is 517 g/mol. The number of fused-ring (bicyclic) bond motifs is 1. The summed E-state index contributed by atoms with van der Waals surface area (Å²) in [5.74, 6) is -4.29. The van der Waals surface area contributed by atoms with E-state index in [0.29, 0.717) is 18.8 Å². The summed E-state index contributed by atoms with van der Waals surface area (Å²) in [6.45, 7) is 5.36. The number of likely N-dealkylation sites (tertiary alicyclic amines) is 1. The minimum absolute atomic E-state index is 0.209. The first kappa shape index (κ1) is 24.5. The van der Waals surface area contributed by atoms with Crippen molar-refractivity contribution in [3.05, 3.63) is 51.8 Å². The lowest BCUT2D eigenvalue weighted by Gasteiger charge is -2.33. The van der Waals surface area contributed by atoms with Gasteiger partial charge in [0.15, 0.2) is 17.3 Å². The van der Waals surface area contributed by atoms with E-state index in [1.165, 1.54) is 0 Å². The van der Waals surface area contributed by atoms with Crippen molar-refractivity contribution >= 4 is 18.0 Å². The van der Waals surface area contributed by atoms with Crippen LogP contribution in [0.2, 0.25) is 0 Å². The number of amides is 1. The smallest absolute Gasteiger partial charge is 0.337 e. The summed E-state index contributed by atoms with van der Waals surface area (Å²) >= 11 is 1.65. The number of piperidine rings is 1. The molecule has 5 rings (SSSR count). The van der Waals surface area contributed by atoms with Gasteiger partial charge >= 0.3 is 6.18 Å². The number of piperazine rings is 1. The number of carbonyl (C=O) groups excluding carboxylic acids is 1. The topological polar surface area (TPSA) is 67.5 Å². The Morgan fingerprint density at radius 1 is 1.03 bits per heavy atom. The fourth-order valence-electron chi connectivity index (χ4n) is 4.97. The van der Waals surface area contributed by atoms with Crippen LogP contribution in [0.4, 0.5) is 22.0 Å². The van der Waals surface area contributed by atoms with Crippen molar-refractivity contribution in [1.29, 1.82) is 0 Å². The molecular formula is C22H25F5N6OS. The molecule has 13 heteroatoms. The molecule has 2 saturated heterocycles. The Bertz CT molecular complexity index is 1090. The van der Waals surface area contributed by atoms with E-state index in [1.807, 2.05) is 0 Å². The molecule has 0 atom stereocenters. The largest absolute Gasteiger partial charge is 0.419 e. The van der Waals surface area contributed by atoms with E-state index < -0.39 is 29.3 Å². The maximum Gasteiger partial charge on any atom is 0.419 e. The third-order valence-electron chi connectivity index (χ3n) is 6.76. The second-order valence-corrected chi connectivity index (χ2v) is 10.2. The van der Waals surface area contributed by atoms with Gasteiger partial charge in [0.2, 0.25) is 0 Å². The van der Waals surface area contributed by atoms with Gasteiger partial charge in [-0.1, -0.05) is 6.07 Å². The summed E-state index contributed by atoms with van der Waals surface area (Å²) in [4.78, 5) is 14.8. The minimum atomic E-state index is -5.00. The number of nitrogens with one attached hydrogen (secondary N) is 2. The molecule has 0 bridgehead atoms. The summed E-state index contributed by atoms with van der Waals surface area (Å²) in [5, 5.41) is 10.5. The van der Waals surface area contributed by atoms with Gasteiger partial charge in [0, 0.05) is 63.5 Å². The molecule has 3 aliphatic heterocycles. The molecule has 0 spiro atoms. The number of rotatable bonds is 4. The first-order valence-corrected chi connectivity index (χ1v) is 12.2. The highest BCUT2D eigenvalue weighted by molar-refractivity contribution is 7.94. The summed E-state index contributed by atoms with van der Waals surface area (Å²) in [6, 6.07) is 1.74. The summed E-state index contributed by atoms with van der Waals surface area (Å²) in [6.07, 6.45) is -4.56. The molecule has 0 radical (unpaired) electrons. The first-order chi connectivity index (χ1) is 16.7. The first-order valence-electron chi connectivity index (χ1n) is 11.5. The van der Waals surface area contributed by atoms with Crippen molar-refractivity contribution in [1.82, 2.24) is 29.0 Å². The summed E-state index contributed by atoms with van der Waals surface area (Å²) < 4.78 is 72.3. The van der Waals surface area contributed by atoms with Crippen molar-refractivity contribution in [3.8, 4) is 0 Å². The van der Waals surface area contributed by atoms with E-state index in [2.05, 4.69) is 24.1 Å². The van der Waals surface area contributed by atoms with E-state index >= 15 is 0 Å². The van der Waals surface area contributed by atoms with Crippen LogP contribution in [0.5, 0.6) is 0 Å². The molecule has 7 nitrogen and oxygen atoms in total. The maximum absolute atomic E-state index is 14.0. The molecule has 4 heterocycles. The maximum atomic E-state index is 14.0. The van der Waals surface area contributed by atoms with Crippen molar-refractivity contribution in [2.75, 3.05) is 39.3 Å². The highest BCUT2D eigenvalue weighted by atomic mass is 32.2. The number of alkyl halides is 3. The monoisotopic (exact) mass is 516 g/mol. The van der Waals surface area contributed by atoms with Crippen LogP contribution in [0.3, 0.4) is 0 Å². The Kier molecular flexibility index (Phi) is 6.77. The minimum Gasteiger partial charge on any atom is -0.337 e. The van der Waals surface area contributed by atoms with E-state index in [1.54, 1.807) is 17.0 Å². The van der Waals surface area contributed by atoms with Crippen LogP contribution >= 0.6 is 12.1 Å². The van der Waals surface area contributed by atoms with Gasteiger partial charge < -0.3 is 10.2 Å². The number of H-pyrrole nitrogens is 1. The lowest BCUT2D eigenvalue weighted by atomic mass is 9.86. The van der Waals surface area contributed by atoms with E-state index in [4.69, 9.17) is 0 Å². The molecular weight excluding hydrogens is 491 g/mol. The van der Waals surface area contributed by atoms with Gasteiger partial charge in [-0.3, -0.25) is 9.89 Å². The quantitative estimate of drug-likeness (QED) is 0.479. The number of hydrogen-bond donors (Lipinski definition) is 2. The average Bonchev–Trinajstić information content (AvgIpc) is 3.40. The molecule has 0 aliphatic carbocycles. The zero-order valence-corrected chi connectivity index (χ0v) is 19.6. The Hall–Kier alpha value is -2.22. The Labute approximate surface area is 203 Å². The molecule has 1 aromatic heterocycles. The molecule has 0 saturated carbocycles. The number of hydrogen-bond acceptors (Lipinski definition) is 6. The molecule has 2 N–H and O–H groups in total. The second-order valence-electron chi connectivity index (χ2n) is 8.98. The zero-order chi connectivity index (χ0) is 24.7. The van der Waals surface area contributed by atoms with Crippen molar-refractivity contribution < 1.29 is 26.7 Å². The van der Waals surface area contributed by atoms with Crippen LogP contribution in [-0.4, -0.2) is 68.9 Å². The molecule has 3 aliphatic rings. The lowest BCUT2D eigenvalue weighted by molar-refractivity contribution is -0.141. The molecule has 2 fully saturated rings. The van der Waals surface area contributed by atoms with E-state index in [0.717, 1.165) is 49.6 Å². The third kappa shape index (κ3) is 4.91. The lowest BCUT2D eigenvalue weighted by Crippen LogP contribution is -2.41. The summed E-state index contributed by atoms with van der Waals surface area (Å²) in [7, 11) is 0. The van der Waals surface area contributed by atoms with Gasteiger partial charge in [0.1, 0.15) is 0 Å². The number of benzene rings is 1. The third-order valence-corrected chi connectivity index (χ3v) is 7.85. The standard InChI is InChI=1S/C22H25F5N6OS/c23-16-2-1-14(18(19(16)24)22(25,26)27)13-3-7-31(8-4-13)21(34)20-15-11-33(12-17(15)29-30-20)35-32-9-5-28-6-10-32/h1-2,13,28H,3-12H2,(H,29,30). The number of nitrogens with zero attached hydrogens (tertiary/aromatic N) is 4. The highest BCUT2D eigenvalue weighted by Crippen LogP contribution is 2.41. The molecule has 2 aromatic rings. The van der Waals surface area contributed by atoms with E-state index in [-0.39, 0.29) is 37.4 Å². The van der Waals surface area contributed by atoms with Crippen LogP contribution in [-0.2, 0) is 19.3 Å². The molecule has 190 valence electrons. The number of halogens is 5. The highest BCUT2D eigenvalue weighted by Gasteiger charge is 2.41. The molecule has 35 heavy (non-hydrogen) atoms. The normalized spacial score (nSPS) is 20.4. The van der Waals surface area contributed by atoms with Crippen LogP contribution in [0.1, 0.15) is 51.6 Å².